The first-order valence-corrected chi connectivity index (χ1v) is 6.04. The van der Waals surface area contributed by atoms with E-state index < -0.39 is 0 Å². The van der Waals surface area contributed by atoms with E-state index in [1.54, 1.807) is 12.1 Å². The number of hydrogen-bond acceptors (Lipinski definition) is 4. The van der Waals surface area contributed by atoms with Crippen molar-refractivity contribution in [1.29, 1.82) is 0 Å². The Morgan fingerprint density at radius 1 is 1.25 bits per heavy atom. The van der Waals surface area contributed by atoms with E-state index in [-0.39, 0.29) is 42.7 Å². The molecular formula is C13H21ClN4O2. The van der Waals surface area contributed by atoms with Crippen LogP contribution >= 0.6 is 12.4 Å². The summed E-state index contributed by atoms with van der Waals surface area (Å²) in [5.41, 5.74) is 6.36. The minimum Gasteiger partial charge on any atom is -0.397 e. The number of nitrogens with zero attached hydrogens (tertiary/aromatic N) is 1. The van der Waals surface area contributed by atoms with Crippen molar-refractivity contribution in [3.05, 3.63) is 24.0 Å². The highest BCUT2D eigenvalue weighted by atomic mass is 35.5. The Bertz CT molecular complexity index is 454. The van der Waals surface area contributed by atoms with E-state index in [9.17, 15) is 9.59 Å². The molecule has 0 fully saturated rings. The third-order valence-electron chi connectivity index (χ3n) is 2.15. The molecule has 0 aliphatic rings. The molecule has 1 rings (SSSR count). The standard InChI is InChI=1S/C13H20N4O2.ClH/c1-13(2,3)17-12(19)8-16-11(18)6-10-5-4-9(14)7-15-10;/h4-5,7H,6,8,14H2,1-3H3,(H,16,18)(H,17,19);1H. The molecule has 1 aromatic heterocycles. The minimum atomic E-state index is -0.305. The molecule has 0 saturated carbocycles. The Balaban J connectivity index is 0.00000361. The normalized spacial score (nSPS) is 10.3. The van der Waals surface area contributed by atoms with Crippen molar-refractivity contribution < 1.29 is 9.59 Å². The van der Waals surface area contributed by atoms with Gasteiger partial charge in [-0.1, -0.05) is 0 Å². The summed E-state index contributed by atoms with van der Waals surface area (Å²) in [7, 11) is 0. The van der Waals surface area contributed by atoms with E-state index in [1.165, 1.54) is 6.20 Å². The molecule has 2 amide bonds. The molecule has 112 valence electrons. The Labute approximate surface area is 124 Å². The van der Waals surface area contributed by atoms with Crippen LogP contribution in [0.2, 0.25) is 0 Å². The second-order valence-corrected chi connectivity index (χ2v) is 5.33. The quantitative estimate of drug-likeness (QED) is 0.761. The maximum Gasteiger partial charge on any atom is 0.239 e. The van der Waals surface area contributed by atoms with E-state index >= 15 is 0 Å². The molecule has 0 bridgehead atoms. The van der Waals surface area contributed by atoms with Crippen LogP contribution in [0.15, 0.2) is 18.3 Å². The van der Waals surface area contributed by atoms with Crippen molar-refractivity contribution in [2.75, 3.05) is 12.3 Å². The molecule has 0 spiro atoms. The van der Waals surface area contributed by atoms with Gasteiger partial charge < -0.3 is 16.4 Å². The Kier molecular flexibility index (Phi) is 6.99. The second kappa shape index (κ2) is 7.69. The number of carbonyl (C=O) groups excluding carboxylic acids is 2. The molecular weight excluding hydrogens is 280 g/mol. The predicted molar refractivity (Wildman–Crippen MR) is 80.5 cm³/mol. The zero-order valence-corrected chi connectivity index (χ0v) is 12.7. The zero-order chi connectivity index (χ0) is 14.5. The van der Waals surface area contributed by atoms with Crippen LogP contribution in [-0.2, 0) is 16.0 Å². The van der Waals surface area contributed by atoms with Crippen LogP contribution in [0.1, 0.15) is 26.5 Å². The largest absolute Gasteiger partial charge is 0.397 e. The lowest BCUT2D eigenvalue weighted by atomic mass is 10.1. The van der Waals surface area contributed by atoms with Gasteiger partial charge in [-0.2, -0.15) is 0 Å². The zero-order valence-electron chi connectivity index (χ0n) is 11.9. The number of halogens is 1. The van der Waals surface area contributed by atoms with Crippen molar-refractivity contribution in [3.63, 3.8) is 0 Å². The van der Waals surface area contributed by atoms with E-state index in [0.29, 0.717) is 11.4 Å². The number of anilines is 1. The molecule has 1 heterocycles. The Hall–Kier alpha value is -1.82. The van der Waals surface area contributed by atoms with E-state index in [2.05, 4.69) is 15.6 Å². The van der Waals surface area contributed by atoms with Gasteiger partial charge >= 0.3 is 0 Å². The van der Waals surface area contributed by atoms with Crippen molar-refractivity contribution in [2.45, 2.75) is 32.7 Å². The van der Waals surface area contributed by atoms with Gasteiger partial charge in [0, 0.05) is 11.2 Å². The third kappa shape index (κ3) is 7.58. The van der Waals surface area contributed by atoms with Crippen LogP contribution in [0.5, 0.6) is 0 Å². The predicted octanol–water partition coefficient (Wildman–Crippen LogP) is 0.659. The lowest BCUT2D eigenvalue weighted by molar-refractivity contribution is -0.126. The monoisotopic (exact) mass is 300 g/mol. The smallest absolute Gasteiger partial charge is 0.239 e. The lowest BCUT2D eigenvalue weighted by Crippen LogP contribution is -2.46. The number of carbonyl (C=O) groups is 2. The Morgan fingerprint density at radius 3 is 2.40 bits per heavy atom. The maximum atomic E-state index is 11.6. The van der Waals surface area contributed by atoms with Gasteiger partial charge in [-0.05, 0) is 32.9 Å². The van der Waals surface area contributed by atoms with E-state index in [0.717, 1.165) is 0 Å². The van der Waals surface area contributed by atoms with Gasteiger partial charge in [-0.25, -0.2) is 0 Å². The number of nitrogens with two attached hydrogens (primary N) is 1. The number of pyridine rings is 1. The van der Waals surface area contributed by atoms with Crippen LogP contribution in [0.3, 0.4) is 0 Å². The fraction of sp³-hybridized carbons (Fsp3) is 0.462. The summed E-state index contributed by atoms with van der Waals surface area (Å²) in [6.45, 7) is 5.60. The third-order valence-corrected chi connectivity index (χ3v) is 2.15. The number of nitrogen functional groups attached to an aromatic ring is 1. The summed E-state index contributed by atoms with van der Waals surface area (Å²) in [4.78, 5) is 27.1. The summed E-state index contributed by atoms with van der Waals surface area (Å²) >= 11 is 0. The fourth-order valence-electron chi connectivity index (χ4n) is 1.41. The SMILES string of the molecule is CC(C)(C)NC(=O)CNC(=O)Cc1ccc(N)cn1.Cl. The molecule has 0 atom stereocenters. The van der Waals surface area contributed by atoms with E-state index in [4.69, 9.17) is 5.73 Å². The summed E-state index contributed by atoms with van der Waals surface area (Å²) in [5, 5.41) is 5.31. The van der Waals surface area contributed by atoms with Gasteiger partial charge in [-0.15, -0.1) is 12.4 Å². The van der Waals surface area contributed by atoms with Crippen molar-refractivity contribution in [2.24, 2.45) is 0 Å². The highest BCUT2D eigenvalue weighted by molar-refractivity contribution is 5.86. The van der Waals surface area contributed by atoms with Crippen LogP contribution in [0, 0.1) is 0 Å². The topological polar surface area (TPSA) is 97.1 Å². The molecule has 1 aromatic rings. The van der Waals surface area contributed by atoms with Gasteiger partial charge in [0.05, 0.1) is 24.8 Å². The first kappa shape index (κ1) is 18.2. The number of aromatic nitrogens is 1. The maximum absolute atomic E-state index is 11.6. The molecule has 0 aliphatic heterocycles. The van der Waals surface area contributed by atoms with Crippen LogP contribution in [0.4, 0.5) is 5.69 Å². The molecule has 0 radical (unpaired) electrons. The first-order chi connectivity index (χ1) is 8.76. The minimum absolute atomic E-state index is 0. The molecule has 0 saturated heterocycles. The summed E-state index contributed by atoms with van der Waals surface area (Å²) < 4.78 is 0. The molecule has 0 unspecified atom stereocenters. The fourth-order valence-corrected chi connectivity index (χ4v) is 1.41. The van der Waals surface area contributed by atoms with Gasteiger partial charge in [-0.3, -0.25) is 14.6 Å². The van der Waals surface area contributed by atoms with Gasteiger partial charge in [0.25, 0.3) is 0 Å². The van der Waals surface area contributed by atoms with Crippen molar-refractivity contribution in [3.8, 4) is 0 Å². The van der Waals surface area contributed by atoms with Gasteiger partial charge in [0.1, 0.15) is 0 Å². The molecule has 20 heavy (non-hydrogen) atoms. The Morgan fingerprint density at radius 2 is 1.90 bits per heavy atom. The molecule has 0 aliphatic carbocycles. The summed E-state index contributed by atoms with van der Waals surface area (Å²) in [6, 6.07) is 3.37. The lowest BCUT2D eigenvalue weighted by Gasteiger charge is -2.20. The van der Waals surface area contributed by atoms with Gasteiger partial charge in [0.2, 0.25) is 11.8 Å². The summed E-state index contributed by atoms with van der Waals surface area (Å²) in [6.07, 6.45) is 1.62. The number of hydrogen-bond donors (Lipinski definition) is 3. The number of rotatable bonds is 4. The number of nitrogens with one attached hydrogen (secondary N) is 2. The average Bonchev–Trinajstić information content (AvgIpc) is 2.27. The van der Waals surface area contributed by atoms with Crippen LogP contribution < -0.4 is 16.4 Å². The number of amides is 2. The molecule has 0 aromatic carbocycles. The highest BCUT2D eigenvalue weighted by Crippen LogP contribution is 2.01. The van der Waals surface area contributed by atoms with Crippen molar-refractivity contribution in [1.82, 2.24) is 15.6 Å². The summed E-state index contributed by atoms with van der Waals surface area (Å²) in [5.74, 6) is -0.465. The second-order valence-electron chi connectivity index (χ2n) is 5.33. The molecule has 6 nitrogen and oxygen atoms in total. The van der Waals surface area contributed by atoms with Crippen molar-refractivity contribution >= 4 is 29.9 Å². The molecule has 4 N–H and O–H groups in total. The van der Waals surface area contributed by atoms with Crippen LogP contribution in [0.25, 0.3) is 0 Å². The first-order valence-electron chi connectivity index (χ1n) is 6.04. The van der Waals surface area contributed by atoms with E-state index in [1.807, 2.05) is 20.8 Å². The van der Waals surface area contributed by atoms with Crippen LogP contribution in [-0.4, -0.2) is 28.9 Å². The average molecular weight is 301 g/mol. The molecule has 7 heteroatoms. The van der Waals surface area contributed by atoms with Gasteiger partial charge in [0.15, 0.2) is 0 Å². The highest BCUT2D eigenvalue weighted by Gasteiger charge is 2.14.